The summed E-state index contributed by atoms with van der Waals surface area (Å²) in [5, 5.41) is 12.2. The van der Waals surface area contributed by atoms with E-state index in [9.17, 15) is 4.79 Å². The highest BCUT2D eigenvalue weighted by Gasteiger charge is 2.25. The highest BCUT2D eigenvalue weighted by atomic mass is 32.1. The third-order valence-corrected chi connectivity index (χ3v) is 5.75. The van der Waals surface area contributed by atoms with E-state index in [1.807, 2.05) is 23.6 Å². The number of thiophene rings is 1. The summed E-state index contributed by atoms with van der Waals surface area (Å²) in [6.45, 7) is 9.38. The van der Waals surface area contributed by atoms with Crippen molar-refractivity contribution in [3.05, 3.63) is 29.3 Å². The average molecular weight is 362 g/mol. The van der Waals surface area contributed by atoms with Gasteiger partial charge in [-0.2, -0.15) is 5.10 Å². The lowest BCUT2D eigenvalue weighted by Crippen LogP contribution is -2.54. The highest BCUT2D eigenvalue weighted by molar-refractivity contribution is 7.13. The molecule has 7 heteroatoms. The Bertz CT molecular complexity index is 673. The van der Waals surface area contributed by atoms with Crippen LogP contribution in [-0.4, -0.2) is 71.7 Å². The van der Waals surface area contributed by atoms with E-state index >= 15 is 0 Å². The largest absolute Gasteiger partial charge is 0.349 e. The van der Waals surface area contributed by atoms with Crippen LogP contribution in [-0.2, 0) is 0 Å². The Morgan fingerprint density at radius 1 is 1.36 bits per heavy atom. The molecule has 0 aromatic carbocycles. The summed E-state index contributed by atoms with van der Waals surface area (Å²) >= 11 is 1.63. The first-order valence-corrected chi connectivity index (χ1v) is 9.72. The minimum absolute atomic E-state index is 0.112. The number of hydrogen-bond acceptors (Lipinski definition) is 5. The van der Waals surface area contributed by atoms with Gasteiger partial charge in [-0.3, -0.25) is 14.8 Å². The van der Waals surface area contributed by atoms with Crippen LogP contribution in [0.5, 0.6) is 0 Å². The lowest BCUT2D eigenvalue weighted by Gasteiger charge is -2.39. The maximum atomic E-state index is 12.5. The molecular formula is C18H27N5OS. The molecule has 136 valence electrons. The molecule has 1 aliphatic heterocycles. The number of aromatic nitrogens is 2. The first-order chi connectivity index (χ1) is 12.0. The van der Waals surface area contributed by atoms with E-state index in [1.165, 1.54) is 0 Å². The Kier molecular flexibility index (Phi) is 5.88. The zero-order valence-corrected chi connectivity index (χ0v) is 16.0. The van der Waals surface area contributed by atoms with E-state index in [4.69, 9.17) is 0 Å². The van der Waals surface area contributed by atoms with E-state index in [-0.39, 0.29) is 5.91 Å². The number of carbonyl (C=O) groups is 1. The molecule has 0 radical (unpaired) electrons. The normalized spacial score (nSPS) is 17.8. The third-order valence-electron chi connectivity index (χ3n) is 4.85. The van der Waals surface area contributed by atoms with Gasteiger partial charge >= 0.3 is 0 Å². The second-order valence-corrected chi connectivity index (χ2v) is 7.95. The van der Waals surface area contributed by atoms with Crippen LogP contribution in [0.3, 0.4) is 0 Å². The minimum Gasteiger partial charge on any atom is -0.349 e. The van der Waals surface area contributed by atoms with Crippen molar-refractivity contribution in [2.24, 2.45) is 5.92 Å². The van der Waals surface area contributed by atoms with Crippen molar-refractivity contribution in [1.82, 2.24) is 25.3 Å². The van der Waals surface area contributed by atoms with Gasteiger partial charge in [0.2, 0.25) is 0 Å². The number of carbonyl (C=O) groups excluding carboxylic acids is 1. The van der Waals surface area contributed by atoms with E-state index in [0.717, 1.165) is 36.8 Å². The monoisotopic (exact) mass is 361 g/mol. The molecule has 2 aromatic rings. The van der Waals surface area contributed by atoms with Gasteiger partial charge in [0.25, 0.3) is 5.91 Å². The molecule has 0 saturated carbocycles. The molecule has 1 fully saturated rings. The van der Waals surface area contributed by atoms with Crippen molar-refractivity contribution < 1.29 is 4.79 Å². The number of hydrogen-bond donors (Lipinski definition) is 2. The summed E-state index contributed by atoms with van der Waals surface area (Å²) < 4.78 is 0. The molecule has 0 spiro atoms. The summed E-state index contributed by atoms with van der Waals surface area (Å²) in [6.07, 6.45) is 0. The lowest BCUT2D eigenvalue weighted by molar-refractivity contribution is 0.0788. The Labute approximate surface area is 153 Å². The fraction of sp³-hybridized carbons (Fsp3) is 0.556. The van der Waals surface area contributed by atoms with Gasteiger partial charge in [-0.1, -0.05) is 19.9 Å². The number of rotatable bonds is 6. The topological polar surface area (TPSA) is 64.3 Å². The molecule has 1 amide bonds. The van der Waals surface area contributed by atoms with Gasteiger partial charge in [0.05, 0.1) is 10.6 Å². The number of H-pyrrole nitrogens is 1. The van der Waals surface area contributed by atoms with Gasteiger partial charge in [0.15, 0.2) is 5.69 Å². The zero-order valence-electron chi connectivity index (χ0n) is 15.2. The molecule has 1 atom stereocenters. The van der Waals surface area contributed by atoms with Gasteiger partial charge in [0.1, 0.15) is 0 Å². The highest BCUT2D eigenvalue weighted by Crippen LogP contribution is 2.23. The SMILES string of the molecule is CC(C)C(CNC(=O)c1cc(-c2cccs2)[nH]n1)N1CCN(C)CC1. The molecule has 3 heterocycles. The number of amides is 1. The summed E-state index contributed by atoms with van der Waals surface area (Å²) in [5.41, 5.74) is 1.34. The minimum atomic E-state index is -0.112. The number of likely N-dealkylation sites (N-methyl/N-ethyl adjacent to an activating group) is 1. The maximum absolute atomic E-state index is 12.5. The van der Waals surface area contributed by atoms with Crippen molar-refractivity contribution in [1.29, 1.82) is 0 Å². The van der Waals surface area contributed by atoms with Crippen LogP contribution in [0, 0.1) is 5.92 Å². The van der Waals surface area contributed by atoms with Crippen molar-refractivity contribution >= 4 is 17.2 Å². The summed E-state index contributed by atoms with van der Waals surface area (Å²) in [6, 6.07) is 6.18. The predicted octanol–water partition coefficient (Wildman–Crippen LogP) is 2.14. The van der Waals surface area contributed by atoms with Gasteiger partial charge in [-0.25, -0.2) is 0 Å². The fourth-order valence-corrected chi connectivity index (χ4v) is 3.92. The van der Waals surface area contributed by atoms with E-state index in [2.05, 4.69) is 46.2 Å². The second kappa shape index (κ2) is 8.12. The first-order valence-electron chi connectivity index (χ1n) is 8.84. The van der Waals surface area contributed by atoms with Gasteiger partial charge in [-0.05, 0) is 30.5 Å². The molecule has 2 aromatic heterocycles. The molecule has 0 aliphatic carbocycles. The van der Waals surface area contributed by atoms with Gasteiger partial charge in [0, 0.05) is 38.8 Å². The number of aromatic amines is 1. The van der Waals surface area contributed by atoms with Crippen molar-refractivity contribution in [2.45, 2.75) is 19.9 Å². The predicted molar refractivity (Wildman–Crippen MR) is 102 cm³/mol. The van der Waals surface area contributed by atoms with Crippen LogP contribution in [0.25, 0.3) is 10.6 Å². The molecular weight excluding hydrogens is 334 g/mol. The van der Waals surface area contributed by atoms with E-state index in [0.29, 0.717) is 24.2 Å². The van der Waals surface area contributed by atoms with E-state index < -0.39 is 0 Å². The molecule has 25 heavy (non-hydrogen) atoms. The van der Waals surface area contributed by atoms with Crippen LogP contribution < -0.4 is 5.32 Å². The van der Waals surface area contributed by atoms with Crippen molar-refractivity contribution in [2.75, 3.05) is 39.8 Å². The number of nitrogens with one attached hydrogen (secondary N) is 2. The fourth-order valence-electron chi connectivity index (χ4n) is 3.22. The van der Waals surface area contributed by atoms with Crippen LogP contribution in [0.4, 0.5) is 0 Å². The molecule has 6 nitrogen and oxygen atoms in total. The third kappa shape index (κ3) is 4.48. The number of nitrogens with zero attached hydrogens (tertiary/aromatic N) is 3. The van der Waals surface area contributed by atoms with Crippen LogP contribution in [0.2, 0.25) is 0 Å². The molecule has 2 N–H and O–H groups in total. The maximum Gasteiger partial charge on any atom is 0.271 e. The van der Waals surface area contributed by atoms with Crippen LogP contribution in [0.15, 0.2) is 23.6 Å². The second-order valence-electron chi connectivity index (χ2n) is 7.00. The summed E-state index contributed by atoms with van der Waals surface area (Å²) in [5.74, 6) is 0.378. The van der Waals surface area contributed by atoms with E-state index in [1.54, 1.807) is 11.3 Å². The number of piperazine rings is 1. The quantitative estimate of drug-likeness (QED) is 0.827. The van der Waals surface area contributed by atoms with Crippen LogP contribution in [0.1, 0.15) is 24.3 Å². The Morgan fingerprint density at radius 2 is 2.12 bits per heavy atom. The molecule has 0 bridgehead atoms. The van der Waals surface area contributed by atoms with Crippen LogP contribution >= 0.6 is 11.3 Å². The van der Waals surface area contributed by atoms with Gasteiger partial charge < -0.3 is 10.2 Å². The van der Waals surface area contributed by atoms with Crippen molar-refractivity contribution in [3.8, 4) is 10.6 Å². The Morgan fingerprint density at radius 3 is 2.76 bits per heavy atom. The molecule has 1 aliphatic rings. The molecule has 1 unspecified atom stereocenters. The standard InChI is InChI=1S/C18H27N5OS/c1-13(2)16(23-8-6-22(3)7-9-23)12-19-18(24)15-11-14(20-21-15)17-5-4-10-25-17/h4-5,10-11,13,16H,6-9,12H2,1-3H3,(H,19,24)(H,20,21). The Hall–Kier alpha value is -1.70. The van der Waals surface area contributed by atoms with Crippen molar-refractivity contribution in [3.63, 3.8) is 0 Å². The zero-order chi connectivity index (χ0) is 17.8. The Balaban J connectivity index is 1.58. The molecule has 1 saturated heterocycles. The van der Waals surface area contributed by atoms with Gasteiger partial charge in [-0.15, -0.1) is 11.3 Å². The smallest absolute Gasteiger partial charge is 0.271 e. The average Bonchev–Trinajstić information content (AvgIpc) is 3.27. The summed E-state index contributed by atoms with van der Waals surface area (Å²) in [7, 11) is 2.16. The molecule has 3 rings (SSSR count). The summed E-state index contributed by atoms with van der Waals surface area (Å²) in [4.78, 5) is 18.4. The lowest BCUT2D eigenvalue weighted by atomic mass is 10.0. The first kappa shape index (κ1) is 18.1.